The van der Waals surface area contributed by atoms with E-state index in [9.17, 15) is 8.78 Å². The van der Waals surface area contributed by atoms with Crippen LogP contribution in [-0.2, 0) is 5.54 Å². The van der Waals surface area contributed by atoms with Crippen LogP contribution in [0.3, 0.4) is 0 Å². The molecule has 0 radical (unpaired) electrons. The monoisotopic (exact) mass is 251 g/mol. The number of halogens is 2. The third-order valence-corrected chi connectivity index (χ3v) is 3.23. The Balaban J connectivity index is 1.97. The number of benzene rings is 1. The molecule has 0 saturated heterocycles. The molecule has 18 heavy (non-hydrogen) atoms. The molecule has 1 aliphatic carbocycles. The Morgan fingerprint density at radius 1 is 1.17 bits per heavy atom. The van der Waals surface area contributed by atoms with Gasteiger partial charge in [0.25, 0.3) is 5.89 Å². The Hall–Kier alpha value is -1.82. The molecule has 2 aromatic rings. The highest BCUT2D eigenvalue weighted by Gasteiger charge is 2.39. The van der Waals surface area contributed by atoms with E-state index in [1.807, 2.05) is 0 Å². The first-order valence-corrected chi connectivity index (χ1v) is 5.66. The van der Waals surface area contributed by atoms with E-state index in [1.165, 1.54) is 0 Å². The molecule has 94 valence electrons. The summed E-state index contributed by atoms with van der Waals surface area (Å²) in [5.41, 5.74) is 5.71. The van der Waals surface area contributed by atoms with Crippen LogP contribution >= 0.6 is 0 Å². The van der Waals surface area contributed by atoms with Gasteiger partial charge in [-0.2, -0.15) is 4.98 Å². The summed E-state index contributed by atoms with van der Waals surface area (Å²) in [5.74, 6) is -0.889. The Morgan fingerprint density at radius 2 is 1.83 bits per heavy atom. The standard InChI is InChI=1S/C12H11F2N3O/c13-8-4-7(5-9(14)6-8)10-16-11(17-18-10)12(15)2-1-3-12/h4-6H,1-3,15H2. The predicted molar refractivity (Wildman–Crippen MR) is 59.4 cm³/mol. The van der Waals surface area contributed by atoms with Crippen molar-refractivity contribution in [2.45, 2.75) is 24.8 Å². The van der Waals surface area contributed by atoms with Crippen LogP contribution in [0.25, 0.3) is 11.5 Å². The average Bonchev–Trinajstić information content (AvgIpc) is 2.74. The second-order valence-electron chi connectivity index (χ2n) is 4.59. The van der Waals surface area contributed by atoms with Gasteiger partial charge in [-0.25, -0.2) is 8.78 Å². The SMILES string of the molecule is NC1(c2noc(-c3cc(F)cc(F)c3)n2)CCC1. The highest BCUT2D eigenvalue weighted by atomic mass is 19.1. The van der Waals surface area contributed by atoms with Crippen molar-refractivity contribution in [2.75, 3.05) is 0 Å². The molecule has 0 amide bonds. The number of hydrogen-bond donors (Lipinski definition) is 1. The van der Waals surface area contributed by atoms with Crippen molar-refractivity contribution < 1.29 is 13.3 Å². The minimum absolute atomic E-state index is 0.0834. The summed E-state index contributed by atoms with van der Waals surface area (Å²) in [4.78, 5) is 4.12. The molecule has 0 bridgehead atoms. The highest BCUT2D eigenvalue weighted by Crippen LogP contribution is 2.37. The maximum Gasteiger partial charge on any atom is 0.258 e. The average molecular weight is 251 g/mol. The molecule has 0 atom stereocenters. The number of aromatic nitrogens is 2. The Labute approximate surface area is 102 Å². The van der Waals surface area contributed by atoms with Crippen LogP contribution < -0.4 is 5.73 Å². The molecule has 0 unspecified atom stereocenters. The summed E-state index contributed by atoms with van der Waals surface area (Å²) in [6, 6.07) is 3.08. The van der Waals surface area contributed by atoms with Gasteiger partial charge in [0.05, 0.1) is 5.54 Å². The predicted octanol–water partition coefficient (Wildman–Crippen LogP) is 2.35. The first-order valence-electron chi connectivity index (χ1n) is 5.66. The van der Waals surface area contributed by atoms with Crippen molar-refractivity contribution in [3.05, 3.63) is 35.7 Å². The van der Waals surface area contributed by atoms with E-state index >= 15 is 0 Å². The smallest absolute Gasteiger partial charge is 0.258 e. The van der Waals surface area contributed by atoms with E-state index in [0.29, 0.717) is 5.82 Å². The molecule has 6 heteroatoms. The van der Waals surface area contributed by atoms with Gasteiger partial charge >= 0.3 is 0 Å². The second kappa shape index (κ2) is 3.84. The van der Waals surface area contributed by atoms with E-state index < -0.39 is 17.2 Å². The molecular weight excluding hydrogens is 240 g/mol. The second-order valence-corrected chi connectivity index (χ2v) is 4.59. The number of nitrogens with two attached hydrogens (primary N) is 1. The molecule has 3 rings (SSSR count). The van der Waals surface area contributed by atoms with Crippen LogP contribution in [0.15, 0.2) is 22.7 Å². The lowest BCUT2D eigenvalue weighted by Gasteiger charge is -2.34. The minimum Gasteiger partial charge on any atom is -0.334 e. The van der Waals surface area contributed by atoms with Gasteiger partial charge in [-0.15, -0.1) is 0 Å². The molecule has 0 spiro atoms. The zero-order valence-corrected chi connectivity index (χ0v) is 9.49. The van der Waals surface area contributed by atoms with Crippen molar-refractivity contribution in [1.82, 2.24) is 10.1 Å². The Bertz CT molecular complexity index is 573. The van der Waals surface area contributed by atoms with Gasteiger partial charge in [0.2, 0.25) is 0 Å². The summed E-state index contributed by atoms with van der Waals surface area (Å²) in [6.07, 6.45) is 2.61. The largest absolute Gasteiger partial charge is 0.334 e. The maximum atomic E-state index is 13.1. The van der Waals surface area contributed by atoms with Crippen LogP contribution in [0.2, 0.25) is 0 Å². The van der Waals surface area contributed by atoms with Crippen molar-refractivity contribution in [2.24, 2.45) is 5.73 Å². The first kappa shape index (κ1) is 11.3. The van der Waals surface area contributed by atoms with Gasteiger partial charge in [-0.3, -0.25) is 0 Å². The zero-order valence-electron chi connectivity index (χ0n) is 9.49. The molecule has 2 N–H and O–H groups in total. The maximum absolute atomic E-state index is 13.1. The van der Waals surface area contributed by atoms with Crippen LogP contribution in [0.5, 0.6) is 0 Å². The fourth-order valence-corrected chi connectivity index (χ4v) is 2.00. The third kappa shape index (κ3) is 1.78. The van der Waals surface area contributed by atoms with Crippen molar-refractivity contribution >= 4 is 0 Å². The Kier molecular flexibility index (Phi) is 2.41. The molecular formula is C12H11F2N3O. The fourth-order valence-electron chi connectivity index (χ4n) is 2.00. The lowest BCUT2D eigenvalue weighted by molar-refractivity contribution is 0.229. The van der Waals surface area contributed by atoms with E-state index in [4.69, 9.17) is 10.3 Å². The van der Waals surface area contributed by atoms with Crippen molar-refractivity contribution in [3.63, 3.8) is 0 Å². The van der Waals surface area contributed by atoms with Crippen LogP contribution in [-0.4, -0.2) is 10.1 Å². The van der Waals surface area contributed by atoms with Gasteiger partial charge < -0.3 is 10.3 Å². The molecule has 1 aliphatic rings. The topological polar surface area (TPSA) is 64.9 Å². The van der Waals surface area contributed by atoms with Gasteiger partial charge in [-0.05, 0) is 31.4 Å². The van der Waals surface area contributed by atoms with Crippen LogP contribution in [0.1, 0.15) is 25.1 Å². The van der Waals surface area contributed by atoms with Crippen LogP contribution in [0.4, 0.5) is 8.78 Å². The first-order chi connectivity index (χ1) is 8.57. The molecule has 1 aromatic carbocycles. The van der Waals surface area contributed by atoms with Gasteiger partial charge in [0.1, 0.15) is 11.6 Å². The molecule has 1 heterocycles. The quantitative estimate of drug-likeness (QED) is 0.889. The number of rotatable bonds is 2. The van der Waals surface area contributed by atoms with Crippen molar-refractivity contribution in [1.29, 1.82) is 0 Å². The Morgan fingerprint density at radius 3 is 2.39 bits per heavy atom. The van der Waals surface area contributed by atoms with Gasteiger partial charge in [0.15, 0.2) is 5.82 Å². The molecule has 0 aliphatic heterocycles. The van der Waals surface area contributed by atoms with Crippen LogP contribution in [0, 0.1) is 11.6 Å². The van der Waals surface area contributed by atoms with Gasteiger partial charge in [-0.1, -0.05) is 5.16 Å². The third-order valence-electron chi connectivity index (χ3n) is 3.23. The fraction of sp³-hybridized carbons (Fsp3) is 0.333. The summed E-state index contributed by atoms with van der Waals surface area (Å²) in [7, 11) is 0. The van der Waals surface area contributed by atoms with E-state index in [1.54, 1.807) is 0 Å². The highest BCUT2D eigenvalue weighted by molar-refractivity contribution is 5.53. The summed E-state index contributed by atoms with van der Waals surface area (Å²) in [5, 5.41) is 3.79. The summed E-state index contributed by atoms with van der Waals surface area (Å²) >= 11 is 0. The molecule has 1 fully saturated rings. The molecule has 1 saturated carbocycles. The van der Waals surface area contributed by atoms with E-state index in [-0.39, 0.29) is 11.5 Å². The van der Waals surface area contributed by atoms with Gasteiger partial charge in [0, 0.05) is 11.6 Å². The van der Waals surface area contributed by atoms with E-state index in [0.717, 1.165) is 37.5 Å². The molecule has 4 nitrogen and oxygen atoms in total. The minimum atomic E-state index is -0.684. The number of hydrogen-bond acceptors (Lipinski definition) is 4. The normalized spacial score (nSPS) is 17.5. The lowest BCUT2D eigenvalue weighted by atomic mass is 9.77. The summed E-state index contributed by atoms with van der Waals surface area (Å²) in [6.45, 7) is 0. The van der Waals surface area contributed by atoms with Crippen molar-refractivity contribution in [3.8, 4) is 11.5 Å². The molecule has 1 aromatic heterocycles. The zero-order chi connectivity index (χ0) is 12.8. The number of nitrogens with zero attached hydrogens (tertiary/aromatic N) is 2. The lowest BCUT2D eigenvalue weighted by Crippen LogP contribution is -2.44. The van der Waals surface area contributed by atoms with E-state index in [2.05, 4.69) is 10.1 Å². The summed E-state index contributed by atoms with van der Waals surface area (Å²) < 4.78 is 31.2.